The van der Waals surface area contributed by atoms with E-state index in [0.717, 1.165) is 0 Å². The molecule has 1 rings (SSSR count). The van der Waals surface area contributed by atoms with Crippen LogP contribution in [0.2, 0.25) is 5.02 Å². The van der Waals surface area contributed by atoms with Gasteiger partial charge in [0.05, 0.1) is 5.02 Å². The van der Waals surface area contributed by atoms with Gasteiger partial charge in [-0.05, 0) is 18.2 Å². The second kappa shape index (κ2) is 4.81. The van der Waals surface area contributed by atoms with Gasteiger partial charge in [0, 0.05) is 18.7 Å². The molecule has 0 radical (unpaired) electrons. The molecule has 0 saturated heterocycles. The summed E-state index contributed by atoms with van der Waals surface area (Å²) < 4.78 is 12.9. The number of carbonyl (C=O) groups excluding carboxylic acids is 1. The van der Waals surface area contributed by atoms with Crippen LogP contribution in [0.4, 0.5) is 10.1 Å². The molecule has 1 aromatic rings. The summed E-state index contributed by atoms with van der Waals surface area (Å²) in [6, 6.07) is 4.35. The normalized spacial score (nSPS) is 9.86. The van der Waals surface area contributed by atoms with Crippen molar-refractivity contribution in [3.05, 3.63) is 29.0 Å². The minimum Gasteiger partial charge on any atom is -0.384 e. The van der Waals surface area contributed by atoms with Gasteiger partial charge in [-0.2, -0.15) is 0 Å². The first-order chi connectivity index (χ1) is 6.59. The number of carbonyl (C=O) groups is 1. The average molecular weight is 217 g/mol. The minimum absolute atomic E-state index is 0.0745. The molecule has 0 aromatic heterocycles. The number of benzene rings is 1. The molecule has 0 bridgehead atoms. The van der Waals surface area contributed by atoms with Crippen LogP contribution in [0.1, 0.15) is 6.42 Å². The molecule has 0 aliphatic carbocycles. The van der Waals surface area contributed by atoms with Crippen LogP contribution in [-0.2, 0) is 4.79 Å². The number of anilines is 1. The largest absolute Gasteiger partial charge is 0.384 e. The quantitative estimate of drug-likeness (QED) is 0.806. The van der Waals surface area contributed by atoms with E-state index in [1.165, 1.54) is 12.1 Å². The number of halogens is 2. The van der Waals surface area contributed by atoms with E-state index in [9.17, 15) is 9.18 Å². The molecule has 0 saturated carbocycles. The van der Waals surface area contributed by atoms with Crippen LogP contribution < -0.4 is 11.1 Å². The van der Waals surface area contributed by atoms with E-state index < -0.39 is 11.7 Å². The highest BCUT2D eigenvalue weighted by molar-refractivity contribution is 6.30. The highest BCUT2D eigenvalue weighted by Crippen LogP contribution is 2.18. The number of hydrogen-bond donors (Lipinski definition) is 2. The second-order valence-electron chi connectivity index (χ2n) is 2.77. The number of amides is 1. The van der Waals surface area contributed by atoms with Gasteiger partial charge >= 0.3 is 0 Å². The molecule has 0 heterocycles. The predicted octanol–water partition coefficient (Wildman–Crippen LogP) is 1.77. The van der Waals surface area contributed by atoms with Crippen molar-refractivity contribution in [2.75, 3.05) is 11.9 Å². The number of hydrogen-bond acceptors (Lipinski definition) is 2. The van der Waals surface area contributed by atoms with E-state index in [1.807, 2.05) is 0 Å². The highest BCUT2D eigenvalue weighted by atomic mass is 35.5. The van der Waals surface area contributed by atoms with Gasteiger partial charge in [-0.15, -0.1) is 0 Å². The molecule has 1 aromatic carbocycles. The zero-order chi connectivity index (χ0) is 10.6. The molecule has 3 nitrogen and oxygen atoms in total. The van der Waals surface area contributed by atoms with Crippen molar-refractivity contribution >= 4 is 23.2 Å². The predicted molar refractivity (Wildman–Crippen MR) is 53.7 cm³/mol. The minimum atomic E-state index is -0.490. The van der Waals surface area contributed by atoms with Crippen molar-refractivity contribution in [3.63, 3.8) is 0 Å². The molecule has 0 fully saturated rings. The van der Waals surface area contributed by atoms with Crippen LogP contribution >= 0.6 is 11.6 Å². The van der Waals surface area contributed by atoms with Crippen molar-refractivity contribution < 1.29 is 9.18 Å². The Bertz CT molecular complexity index is 344. The molecular formula is C9H10ClFN2O. The molecule has 3 N–H and O–H groups in total. The molecule has 1 amide bonds. The summed E-state index contributed by atoms with van der Waals surface area (Å²) >= 11 is 5.49. The molecule has 0 spiro atoms. The number of nitrogens with one attached hydrogen (secondary N) is 1. The fourth-order valence-corrected chi connectivity index (χ4v) is 1.05. The van der Waals surface area contributed by atoms with E-state index in [-0.39, 0.29) is 11.4 Å². The Morgan fingerprint density at radius 3 is 2.86 bits per heavy atom. The van der Waals surface area contributed by atoms with Crippen LogP contribution in [-0.4, -0.2) is 12.5 Å². The molecule has 0 unspecified atom stereocenters. The standard InChI is InChI=1S/C9H10ClFN2O/c10-7-2-1-6(5-8(7)11)13-4-3-9(12)14/h1-2,5,13H,3-4H2,(H2,12,14). The molecule has 76 valence electrons. The average Bonchev–Trinajstić information content (AvgIpc) is 2.10. The van der Waals surface area contributed by atoms with Gasteiger partial charge in [0.25, 0.3) is 0 Å². The van der Waals surface area contributed by atoms with Gasteiger partial charge in [-0.1, -0.05) is 11.6 Å². The van der Waals surface area contributed by atoms with Crippen molar-refractivity contribution in [1.82, 2.24) is 0 Å². The third kappa shape index (κ3) is 3.22. The third-order valence-corrected chi connectivity index (χ3v) is 1.93. The number of primary amides is 1. The van der Waals surface area contributed by atoms with Gasteiger partial charge < -0.3 is 11.1 Å². The maximum atomic E-state index is 12.9. The number of nitrogens with two attached hydrogens (primary N) is 1. The lowest BCUT2D eigenvalue weighted by atomic mass is 10.3. The lowest BCUT2D eigenvalue weighted by Crippen LogP contribution is -2.15. The third-order valence-electron chi connectivity index (χ3n) is 1.62. The van der Waals surface area contributed by atoms with E-state index in [1.54, 1.807) is 6.07 Å². The van der Waals surface area contributed by atoms with Crippen LogP contribution in [0.25, 0.3) is 0 Å². The molecule has 5 heteroatoms. The van der Waals surface area contributed by atoms with Crippen LogP contribution in [0.3, 0.4) is 0 Å². The van der Waals surface area contributed by atoms with Crippen molar-refractivity contribution in [3.8, 4) is 0 Å². The number of rotatable bonds is 4. The summed E-state index contributed by atoms with van der Waals surface area (Å²) in [5, 5.41) is 2.92. The van der Waals surface area contributed by atoms with Crippen molar-refractivity contribution in [2.24, 2.45) is 5.73 Å². The Kier molecular flexibility index (Phi) is 3.71. The van der Waals surface area contributed by atoms with Crippen LogP contribution in [0.15, 0.2) is 18.2 Å². The van der Waals surface area contributed by atoms with E-state index in [2.05, 4.69) is 5.32 Å². The van der Waals surface area contributed by atoms with Gasteiger partial charge in [-0.25, -0.2) is 4.39 Å². The maximum Gasteiger partial charge on any atom is 0.219 e. The zero-order valence-electron chi connectivity index (χ0n) is 7.39. The lowest BCUT2D eigenvalue weighted by molar-refractivity contribution is -0.117. The Balaban J connectivity index is 2.51. The summed E-state index contributed by atoms with van der Waals surface area (Å²) in [6.07, 6.45) is 0.213. The van der Waals surface area contributed by atoms with Crippen molar-refractivity contribution in [2.45, 2.75) is 6.42 Å². The second-order valence-corrected chi connectivity index (χ2v) is 3.18. The van der Waals surface area contributed by atoms with Crippen LogP contribution in [0, 0.1) is 5.82 Å². The highest BCUT2D eigenvalue weighted by Gasteiger charge is 2.00. The maximum absolute atomic E-state index is 12.9. The summed E-state index contributed by atoms with van der Waals surface area (Å²) in [4.78, 5) is 10.4. The topological polar surface area (TPSA) is 55.1 Å². The van der Waals surface area contributed by atoms with E-state index >= 15 is 0 Å². The summed E-state index contributed by atoms with van der Waals surface area (Å²) in [5.74, 6) is -0.886. The van der Waals surface area contributed by atoms with Gasteiger partial charge in [0.15, 0.2) is 0 Å². The first-order valence-electron chi connectivity index (χ1n) is 4.07. The molecular weight excluding hydrogens is 207 g/mol. The molecule has 0 aliphatic rings. The van der Waals surface area contributed by atoms with E-state index in [0.29, 0.717) is 12.2 Å². The summed E-state index contributed by atoms with van der Waals surface area (Å²) in [5.41, 5.74) is 5.51. The zero-order valence-corrected chi connectivity index (χ0v) is 8.14. The first-order valence-corrected chi connectivity index (χ1v) is 4.44. The molecule has 0 atom stereocenters. The summed E-state index contributed by atoms with van der Waals surface area (Å²) in [6.45, 7) is 0.385. The van der Waals surface area contributed by atoms with Gasteiger partial charge in [0.1, 0.15) is 5.82 Å². The Morgan fingerprint density at radius 1 is 1.57 bits per heavy atom. The smallest absolute Gasteiger partial charge is 0.219 e. The van der Waals surface area contributed by atoms with Gasteiger partial charge in [0.2, 0.25) is 5.91 Å². The Morgan fingerprint density at radius 2 is 2.29 bits per heavy atom. The molecule has 14 heavy (non-hydrogen) atoms. The van der Waals surface area contributed by atoms with E-state index in [4.69, 9.17) is 17.3 Å². The fraction of sp³-hybridized carbons (Fsp3) is 0.222. The van der Waals surface area contributed by atoms with Gasteiger partial charge in [-0.3, -0.25) is 4.79 Å². The Hall–Kier alpha value is -1.29. The monoisotopic (exact) mass is 216 g/mol. The molecule has 0 aliphatic heterocycles. The summed E-state index contributed by atoms with van der Waals surface area (Å²) in [7, 11) is 0. The fourth-order valence-electron chi connectivity index (χ4n) is 0.936. The SMILES string of the molecule is NC(=O)CCNc1ccc(Cl)c(F)c1. The lowest BCUT2D eigenvalue weighted by Gasteiger charge is -2.04. The van der Waals surface area contributed by atoms with Crippen molar-refractivity contribution in [1.29, 1.82) is 0 Å². The first kappa shape index (κ1) is 10.8. The Labute approximate surface area is 86.0 Å². The van der Waals surface area contributed by atoms with Crippen LogP contribution in [0.5, 0.6) is 0 Å².